The lowest BCUT2D eigenvalue weighted by atomic mass is 9.91. The van der Waals surface area contributed by atoms with Crippen LogP contribution in [0.5, 0.6) is 0 Å². The molecule has 0 amide bonds. The second-order valence-electron chi connectivity index (χ2n) is 8.43. The molecule has 1 N–H and O–H groups in total. The molecule has 0 saturated carbocycles. The molecule has 6 rings (SSSR count). The van der Waals surface area contributed by atoms with E-state index in [1.165, 1.54) is 11.1 Å². The van der Waals surface area contributed by atoms with E-state index < -0.39 is 0 Å². The van der Waals surface area contributed by atoms with Crippen LogP contribution in [0.25, 0.3) is 33.3 Å². The van der Waals surface area contributed by atoms with Crippen molar-refractivity contribution in [3.05, 3.63) is 127 Å². The number of fused-ring (bicyclic) bond motifs is 2. The number of hydrogen-bond acceptors (Lipinski definition) is 5. The summed E-state index contributed by atoms with van der Waals surface area (Å²) >= 11 is 0. The Kier molecular flexibility index (Phi) is 5.57. The quantitative estimate of drug-likeness (QED) is 0.312. The van der Waals surface area contributed by atoms with Crippen molar-refractivity contribution in [3.8, 4) is 11.4 Å². The van der Waals surface area contributed by atoms with Crippen molar-refractivity contribution >= 4 is 27.8 Å². The van der Waals surface area contributed by atoms with Crippen LogP contribution in [0.15, 0.2) is 116 Å². The molecule has 0 atom stereocenters. The smallest absolute Gasteiger partial charge is 0.162 e. The summed E-state index contributed by atoms with van der Waals surface area (Å²) in [6.07, 6.45) is 3.40. The van der Waals surface area contributed by atoms with Crippen molar-refractivity contribution in [2.45, 2.75) is 5.92 Å². The Morgan fingerprint density at radius 1 is 0.600 bits per heavy atom. The fourth-order valence-corrected chi connectivity index (χ4v) is 4.44. The van der Waals surface area contributed by atoms with Gasteiger partial charge in [-0.05, 0) is 41.5 Å². The van der Waals surface area contributed by atoms with E-state index in [9.17, 15) is 0 Å². The number of hydrogen-bond donors (Lipinski definition) is 1. The van der Waals surface area contributed by atoms with E-state index in [1.54, 1.807) is 12.4 Å². The van der Waals surface area contributed by atoms with Crippen molar-refractivity contribution in [2.75, 3.05) is 11.9 Å². The maximum Gasteiger partial charge on any atom is 0.162 e. The summed E-state index contributed by atoms with van der Waals surface area (Å²) in [5, 5.41) is 4.65. The Labute approximate surface area is 203 Å². The second-order valence-corrected chi connectivity index (χ2v) is 8.43. The highest BCUT2D eigenvalue weighted by atomic mass is 15.0. The van der Waals surface area contributed by atoms with Crippen LogP contribution in [0.1, 0.15) is 17.0 Å². The lowest BCUT2D eigenvalue weighted by Crippen LogP contribution is -2.15. The third-order valence-electron chi connectivity index (χ3n) is 6.21. The Hall–Kier alpha value is -4.64. The van der Waals surface area contributed by atoms with E-state index in [0.717, 1.165) is 33.3 Å². The van der Waals surface area contributed by atoms with Gasteiger partial charge in [-0.3, -0.25) is 9.97 Å². The summed E-state index contributed by atoms with van der Waals surface area (Å²) in [5.41, 5.74) is 6.01. The third kappa shape index (κ3) is 4.32. The molecular weight excluding hydrogens is 430 g/mol. The number of rotatable bonds is 6. The number of nitrogens with one attached hydrogen (secondary N) is 1. The molecule has 0 aliphatic heterocycles. The minimum atomic E-state index is 0.186. The molecule has 0 radical (unpaired) electrons. The van der Waals surface area contributed by atoms with Gasteiger partial charge in [0.1, 0.15) is 5.82 Å². The van der Waals surface area contributed by atoms with E-state index in [2.05, 4.69) is 82.0 Å². The molecule has 0 aliphatic carbocycles. The highest BCUT2D eigenvalue weighted by Crippen LogP contribution is 2.29. The third-order valence-corrected chi connectivity index (χ3v) is 6.21. The van der Waals surface area contributed by atoms with Crippen LogP contribution in [0.3, 0.4) is 0 Å². The molecule has 2 aromatic heterocycles. The van der Waals surface area contributed by atoms with Gasteiger partial charge in [0.15, 0.2) is 5.82 Å². The SMILES string of the molecule is c1ccc(C(CNc2nc(-c3ccc4nccnc4c3)nc3ccccc23)c2ccccc2)cc1. The number of para-hydroxylation sites is 1. The van der Waals surface area contributed by atoms with Gasteiger partial charge in [-0.25, -0.2) is 9.97 Å². The van der Waals surface area contributed by atoms with E-state index in [0.29, 0.717) is 12.4 Å². The summed E-state index contributed by atoms with van der Waals surface area (Å²) in [6, 6.07) is 35.3. The second kappa shape index (κ2) is 9.31. The molecule has 0 saturated heterocycles. The van der Waals surface area contributed by atoms with Gasteiger partial charge in [-0.2, -0.15) is 0 Å². The molecule has 4 aromatic carbocycles. The Morgan fingerprint density at radius 2 is 1.26 bits per heavy atom. The normalized spacial score (nSPS) is 11.2. The van der Waals surface area contributed by atoms with Crippen molar-refractivity contribution in [1.82, 2.24) is 19.9 Å². The maximum absolute atomic E-state index is 4.97. The van der Waals surface area contributed by atoms with E-state index in [1.807, 2.05) is 36.4 Å². The Bertz CT molecular complexity index is 1560. The molecule has 6 aromatic rings. The van der Waals surface area contributed by atoms with Crippen LogP contribution in [0.2, 0.25) is 0 Å². The molecule has 0 fully saturated rings. The van der Waals surface area contributed by atoms with E-state index in [-0.39, 0.29) is 5.92 Å². The molecule has 2 heterocycles. The molecule has 5 nitrogen and oxygen atoms in total. The van der Waals surface area contributed by atoms with Gasteiger partial charge in [0.05, 0.1) is 16.6 Å². The van der Waals surface area contributed by atoms with Crippen LogP contribution in [0.4, 0.5) is 5.82 Å². The first-order valence-electron chi connectivity index (χ1n) is 11.7. The summed E-state index contributed by atoms with van der Waals surface area (Å²) in [6.45, 7) is 0.706. The minimum absolute atomic E-state index is 0.186. The Balaban J connectivity index is 1.40. The average molecular weight is 454 g/mol. The van der Waals surface area contributed by atoms with Gasteiger partial charge in [0.25, 0.3) is 0 Å². The standard InChI is InChI=1S/C30H23N5/c1-3-9-21(10-4-1)25(22-11-5-2-6-12-22)20-33-30-24-13-7-8-14-26(24)34-29(35-30)23-15-16-27-28(19-23)32-18-17-31-27/h1-19,25H,20H2,(H,33,34,35). The predicted octanol–water partition coefficient (Wildman–Crippen LogP) is 6.48. The summed E-state index contributed by atoms with van der Waals surface area (Å²) < 4.78 is 0. The first-order valence-corrected chi connectivity index (χ1v) is 11.7. The number of nitrogens with zero attached hydrogens (tertiary/aromatic N) is 4. The molecule has 0 spiro atoms. The number of benzene rings is 4. The van der Waals surface area contributed by atoms with Crippen LogP contribution in [0, 0.1) is 0 Å². The molecule has 35 heavy (non-hydrogen) atoms. The molecular formula is C30H23N5. The van der Waals surface area contributed by atoms with Crippen molar-refractivity contribution in [3.63, 3.8) is 0 Å². The molecule has 5 heteroatoms. The fraction of sp³-hybridized carbons (Fsp3) is 0.0667. The van der Waals surface area contributed by atoms with Crippen molar-refractivity contribution in [1.29, 1.82) is 0 Å². The Morgan fingerprint density at radius 3 is 2.00 bits per heavy atom. The molecule has 0 bridgehead atoms. The monoisotopic (exact) mass is 453 g/mol. The average Bonchev–Trinajstić information content (AvgIpc) is 2.94. The minimum Gasteiger partial charge on any atom is -0.368 e. The molecule has 168 valence electrons. The largest absolute Gasteiger partial charge is 0.368 e. The number of anilines is 1. The lowest BCUT2D eigenvalue weighted by Gasteiger charge is -2.20. The van der Waals surface area contributed by atoms with E-state index in [4.69, 9.17) is 9.97 Å². The number of aromatic nitrogens is 4. The molecule has 0 unspecified atom stereocenters. The zero-order valence-electron chi connectivity index (χ0n) is 19.0. The topological polar surface area (TPSA) is 63.6 Å². The van der Waals surface area contributed by atoms with Gasteiger partial charge in [0, 0.05) is 35.8 Å². The lowest BCUT2D eigenvalue weighted by molar-refractivity contribution is 0.849. The highest BCUT2D eigenvalue weighted by Gasteiger charge is 2.16. The van der Waals surface area contributed by atoms with Crippen LogP contribution in [-0.4, -0.2) is 26.5 Å². The summed E-state index contributed by atoms with van der Waals surface area (Å²) in [4.78, 5) is 18.6. The van der Waals surface area contributed by atoms with Gasteiger partial charge >= 0.3 is 0 Å². The van der Waals surface area contributed by atoms with Crippen LogP contribution < -0.4 is 5.32 Å². The van der Waals surface area contributed by atoms with Crippen LogP contribution >= 0.6 is 0 Å². The predicted molar refractivity (Wildman–Crippen MR) is 141 cm³/mol. The van der Waals surface area contributed by atoms with Gasteiger partial charge in [0.2, 0.25) is 0 Å². The van der Waals surface area contributed by atoms with Gasteiger partial charge < -0.3 is 5.32 Å². The first kappa shape index (κ1) is 20.9. The zero-order chi connectivity index (χ0) is 23.5. The summed E-state index contributed by atoms with van der Waals surface area (Å²) in [7, 11) is 0. The molecule has 0 aliphatic rings. The summed E-state index contributed by atoms with van der Waals surface area (Å²) in [5.74, 6) is 1.67. The van der Waals surface area contributed by atoms with E-state index >= 15 is 0 Å². The first-order chi connectivity index (χ1) is 17.3. The highest BCUT2D eigenvalue weighted by molar-refractivity contribution is 5.91. The van der Waals surface area contributed by atoms with Crippen molar-refractivity contribution in [2.24, 2.45) is 0 Å². The van der Waals surface area contributed by atoms with Crippen LogP contribution in [-0.2, 0) is 0 Å². The fourth-order valence-electron chi connectivity index (χ4n) is 4.44. The van der Waals surface area contributed by atoms with Crippen molar-refractivity contribution < 1.29 is 0 Å². The maximum atomic E-state index is 4.97. The van der Waals surface area contributed by atoms with Gasteiger partial charge in [-0.1, -0.05) is 72.8 Å². The zero-order valence-corrected chi connectivity index (χ0v) is 19.0. The van der Waals surface area contributed by atoms with Gasteiger partial charge in [-0.15, -0.1) is 0 Å².